The molecule has 4 atom stereocenters. The Morgan fingerprint density at radius 2 is 2.05 bits per heavy atom. The highest BCUT2D eigenvalue weighted by atomic mass is 16.5. The first-order valence-corrected chi connectivity index (χ1v) is 7.61. The van der Waals surface area contributed by atoms with E-state index in [4.69, 9.17) is 4.74 Å². The van der Waals surface area contributed by atoms with Crippen molar-refractivity contribution in [3.8, 4) is 0 Å². The van der Waals surface area contributed by atoms with Gasteiger partial charge >= 0.3 is 0 Å². The number of piperidine rings is 1. The lowest BCUT2D eigenvalue weighted by molar-refractivity contribution is -0.130. The SMILES string of the molecule is CCC1NC(C)CCC1OCC(=O)NC(C)C(C)C. The predicted molar refractivity (Wildman–Crippen MR) is 78.1 cm³/mol. The van der Waals surface area contributed by atoms with E-state index in [1.807, 2.05) is 6.92 Å². The van der Waals surface area contributed by atoms with Crippen molar-refractivity contribution in [2.24, 2.45) is 5.92 Å². The Hall–Kier alpha value is -0.610. The molecule has 1 aliphatic rings. The fourth-order valence-electron chi connectivity index (χ4n) is 2.40. The molecule has 0 aliphatic carbocycles. The first-order valence-electron chi connectivity index (χ1n) is 7.61. The molecule has 1 rings (SSSR count). The maximum Gasteiger partial charge on any atom is 0.246 e. The van der Waals surface area contributed by atoms with Crippen LogP contribution < -0.4 is 10.6 Å². The van der Waals surface area contributed by atoms with Crippen molar-refractivity contribution >= 4 is 5.91 Å². The Morgan fingerprint density at radius 3 is 2.63 bits per heavy atom. The van der Waals surface area contributed by atoms with Crippen LogP contribution in [0, 0.1) is 5.92 Å². The zero-order chi connectivity index (χ0) is 14.4. The summed E-state index contributed by atoms with van der Waals surface area (Å²) in [5, 5.41) is 6.52. The molecule has 1 amide bonds. The van der Waals surface area contributed by atoms with E-state index in [1.54, 1.807) is 0 Å². The summed E-state index contributed by atoms with van der Waals surface area (Å²) in [6.07, 6.45) is 3.37. The molecule has 0 radical (unpaired) electrons. The van der Waals surface area contributed by atoms with E-state index in [2.05, 4.69) is 38.3 Å². The largest absolute Gasteiger partial charge is 0.367 e. The van der Waals surface area contributed by atoms with Gasteiger partial charge in [-0.05, 0) is 39.0 Å². The zero-order valence-corrected chi connectivity index (χ0v) is 13.0. The number of rotatable bonds is 6. The minimum Gasteiger partial charge on any atom is -0.367 e. The highest BCUT2D eigenvalue weighted by molar-refractivity contribution is 5.77. The summed E-state index contributed by atoms with van der Waals surface area (Å²) in [6, 6.07) is 1.13. The molecule has 2 N–H and O–H groups in total. The maximum atomic E-state index is 11.8. The lowest BCUT2D eigenvalue weighted by Gasteiger charge is -2.35. The minimum absolute atomic E-state index is 0.00493. The molecule has 1 fully saturated rings. The van der Waals surface area contributed by atoms with Crippen LogP contribution in [0.25, 0.3) is 0 Å². The first-order chi connectivity index (χ1) is 8.93. The van der Waals surface area contributed by atoms with Gasteiger partial charge in [-0.25, -0.2) is 0 Å². The van der Waals surface area contributed by atoms with Crippen molar-refractivity contribution in [2.75, 3.05) is 6.61 Å². The average molecular weight is 270 g/mol. The van der Waals surface area contributed by atoms with Gasteiger partial charge in [0.25, 0.3) is 0 Å². The number of hydrogen-bond donors (Lipinski definition) is 2. The van der Waals surface area contributed by atoms with E-state index < -0.39 is 0 Å². The Morgan fingerprint density at radius 1 is 1.37 bits per heavy atom. The van der Waals surface area contributed by atoms with Crippen LogP contribution in [0.4, 0.5) is 0 Å². The summed E-state index contributed by atoms with van der Waals surface area (Å²) in [4.78, 5) is 11.8. The Kier molecular flexibility index (Phi) is 6.80. The third-order valence-electron chi connectivity index (χ3n) is 4.09. The second-order valence-electron chi connectivity index (χ2n) is 6.11. The molecule has 1 saturated heterocycles. The molecule has 0 aromatic rings. The summed E-state index contributed by atoms with van der Waals surface area (Å²) in [7, 11) is 0. The number of ether oxygens (including phenoxy) is 1. The molecule has 1 aliphatic heterocycles. The van der Waals surface area contributed by atoms with Gasteiger partial charge in [-0.15, -0.1) is 0 Å². The van der Waals surface area contributed by atoms with Crippen LogP contribution in [0.2, 0.25) is 0 Å². The van der Waals surface area contributed by atoms with Crippen LogP contribution in [0.5, 0.6) is 0 Å². The van der Waals surface area contributed by atoms with E-state index in [-0.39, 0.29) is 24.7 Å². The fourth-order valence-corrected chi connectivity index (χ4v) is 2.40. The van der Waals surface area contributed by atoms with Gasteiger partial charge in [0.15, 0.2) is 0 Å². The Bertz CT molecular complexity index is 281. The molecule has 0 aromatic heterocycles. The van der Waals surface area contributed by atoms with Gasteiger partial charge in [-0.3, -0.25) is 4.79 Å². The van der Waals surface area contributed by atoms with Crippen LogP contribution in [0.15, 0.2) is 0 Å². The minimum atomic E-state index is -0.00493. The first kappa shape index (κ1) is 16.4. The Balaban J connectivity index is 2.32. The third-order valence-corrected chi connectivity index (χ3v) is 4.09. The summed E-state index contributed by atoms with van der Waals surface area (Å²) in [5.41, 5.74) is 0. The van der Waals surface area contributed by atoms with Gasteiger partial charge in [0.1, 0.15) is 6.61 Å². The van der Waals surface area contributed by atoms with Crippen molar-refractivity contribution in [3.63, 3.8) is 0 Å². The van der Waals surface area contributed by atoms with Crippen LogP contribution in [0.1, 0.15) is 53.9 Å². The summed E-state index contributed by atoms with van der Waals surface area (Å²) < 4.78 is 5.80. The lowest BCUT2D eigenvalue weighted by atomic mass is 9.95. The van der Waals surface area contributed by atoms with Gasteiger partial charge in [0.2, 0.25) is 5.91 Å². The molecular formula is C15H30N2O2. The van der Waals surface area contributed by atoms with E-state index in [0.717, 1.165) is 19.3 Å². The van der Waals surface area contributed by atoms with Crippen LogP contribution in [-0.2, 0) is 9.53 Å². The second kappa shape index (κ2) is 7.85. The molecule has 112 valence electrons. The van der Waals surface area contributed by atoms with Crippen molar-refractivity contribution in [1.82, 2.24) is 10.6 Å². The normalized spacial score (nSPS) is 29.3. The predicted octanol–water partition coefficient (Wildman–Crippen LogP) is 2.08. The summed E-state index contributed by atoms with van der Waals surface area (Å²) in [5.74, 6) is 0.444. The second-order valence-corrected chi connectivity index (χ2v) is 6.11. The number of hydrogen-bond acceptors (Lipinski definition) is 3. The van der Waals surface area contributed by atoms with Crippen molar-refractivity contribution in [2.45, 2.75) is 78.1 Å². The fraction of sp³-hybridized carbons (Fsp3) is 0.933. The van der Waals surface area contributed by atoms with Gasteiger partial charge < -0.3 is 15.4 Å². The molecule has 4 heteroatoms. The van der Waals surface area contributed by atoms with Gasteiger partial charge in [-0.2, -0.15) is 0 Å². The maximum absolute atomic E-state index is 11.8. The van der Waals surface area contributed by atoms with E-state index >= 15 is 0 Å². The molecule has 1 heterocycles. The number of amides is 1. The molecule has 0 aromatic carbocycles. The molecule has 0 spiro atoms. The number of carbonyl (C=O) groups is 1. The molecule has 4 unspecified atom stereocenters. The lowest BCUT2D eigenvalue weighted by Crippen LogP contribution is -2.50. The van der Waals surface area contributed by atoms with E-state index in [0.29, 0.717) is 18.0 Å². The van der Waals surface area contributed by atoms with E-state index in [1.165, 1.54) is 0 Å². The average Bonchev–Trinajstić information content (AvgIpc) is 2.36. The standard InChI is InChI=1S/C15H30N2O2/c1-6-13-14(8-7-11(4)16-13)19-9-15(18)17-12(5)10(2)3/h10-14,16H,6-9H2,1-5H3,(H,17,18). The van der Waals surface area contributed by atoms with Gasteiger partial charge in [0, 0.05) is 18.1 Å². The summed E-state index contributed by atoms with van der Waals surface area (Å²) in [6.45, 7) is 10.8. The van der Waals surface area contributed by atoms with Crippen LogP contribution in [-0.4, -0.2) is 36.7 Å². The summed E-state index contributed by atoms with van der Waals surface area (Å²) >= 11 is 0. The van der Waals surface area contributed by atoms with E-state index in [9.17, 15) is 4.79 Å². The molecule has 0 bridgehead atoms. The highest BCUT2D eigenvalue weighted by Crippen LogP contribution is 2.18. The Labute approximate surface area is 117 Å². The van der Waals surface area contributed by atoms with Crippen LogP contribution in [0.3, 0.4) is 0 Å². The molecular weight excluding hydrogens is 240 g/mol. The molecule has 0 saturated carbocycles. The smallest absolute Gasteiger partial charge is 0.246 e. The zero-order valence-electron chi connectivity index (χ0n) is 13.0. The van der Waals surface area contributed by atoms with Crippen molar-refractivity contribution < 1.29 is 9.53 Å². The monoisotopic (exact) mass is 270 g/mol. The molecule has 4 nitrogen and oxygen atoms in total. The van der Waals surface area contributed by atoms with Crippen molar-refractivity contribution in [3.05, 3.63) is 0 Å². The third kappa shape index (κ3) is 5.49. The number of nitrogens with one attached hydrogen (secondary N) is 2. The topological polar surface area (TPSA) is 50.4 Å². The van der Waals surface area contributed by atoms with Gasteiger partial charge in [0.05, 0.1) is 6.10 Å². The number of carbonyl (C=O) groups excluding carboxylic acids is 1. The molecule has 19 heavy (non-hydrogen) atoms. The van der Waals surface area contributed by atoms with Gasteiger partial charge in [-0.1, -0.05) is 20.8 Å². The van der Waals surface area contributed by atoms with Crippen molar-refractivity contribution in [1.29, 1.82) is 0 Å². The van der Waals surface area contributed by atoms with Crippen LogP contribution >= 0.6 is 0 Å². The quantitative estimate of drug-likeness (QED) is 0.777. The highest BCUT2D eigenvalue weighted by Gasteiger charge is 2.27.